The van der Waals surface area contributed by atoms with Crippen LogP contribution in [0.5, 0.6) is 0 Å². The van der Waals surface area contributed by atoms with E-state index in [0.717, 1.165) is 6.61 Å². The van der Waals surface area contributed by atoms with Crippen LogP contribution in [0.15, 0.2) is 0 Å². The number of hydrogen-bond acceptors (Lipinski definition) is 3. The molecule has 0 radical (unpaired) electrons. The van der Waals surface area contributed by atoms with Crippen LogP contribution in [0.1, 0.15) is 52.4 Å². The number of nitrogens with two attached hydrogens (primary N) is 1. The summed E-state index contributed by atoms with van der Waals surface area (Å²) < 4.78 is 5.74. The van der Waals surface area contributed by atoms with Gasteiger partial charge in [-0.2, -0.15) is 0 Å². The van der Waals surface area contributed by atoms with E-state index in [2.05, 4.69) is 5.32 Å². The Labute approximate surface area is 111 Å². The zero-order valence-corrected chi connectivity index (χ0v) is 11.8. The van der Waals surface area contributed by atoms with Crippen molar-refractivity contribution < 1.29 is 9.53 Å². The summed E-state index contributed by atoms with van der Waals surface area (Å²) in [6, 6.07) is 0. The van der Waals surface area contributed by atoms with Gasteiger partial charge in [0.25, 0.3) is 0 Å². The number of nitrogens with one attached hydrogen (secondary N) is 1. The van der Waals surface area contributed by atoms with Gasteiger partial charge in [0.05, 0.1) is 6.61 Å². The van der Waals surface area contributed by atoms with E-state index >= 15 is 0 Å². The molecule has 0 bridgehead atoms. The Morgan fingerprint density at radius 1 is 1.33 bits per heavy atom. The third-order valence-corrected chi connectivity index (χ3v) is 3.83. The van der Waals surface area contributed by atoms with Crippen molar-refractivity contribution >= 4 is 5.91 Å². The maximum absolute atomic E-state index is 11.4. The molecule has 1 amide bonds. The van der Waals surface area contributed by atoms with Gasteiger partial charge in [0.15, 0.2) is 0 Å². The normalized spacial score (nSPS) is 21.2. The summed E-state index contributed by atoms with van der Waals surface area (Å²) in [7, 11) is 0. The highest BCUT2D eigenvalue weighted by atomic mass is 16.5. The maximum atomic E-state index is 11.4. The molecule has 0 spiro atoms. The zero-order valence-electron chi connectivity index (χ0n) is 11.8. The van der Waals surface area contributed by atoms with Crippen molar-refractivity contribution in [3.8, 4) is 0 Å². The van der Waals surface area contributed by atoms with Gasteiger partial charge in [-0.15, -0.1) is 0 Å². The van der Waals surface area contributed by atoms with Gasteiger partial charge in [-0.05, 0) is 32.2 Å². The highest BCUT2D eigenvalue weighted by molar-refractivity contribution is 5.84. The van der Waals surface area contributed by atoms with Crippen molar-refractivity contribution in [3.63, 3.8) is 0 Å². The van der Waals surface area contributed by atoms with E-state index in [1.807, 2.05) is 13.8 Å². The SMILES string of the molecule is CCNC(C)(COCC1CCCCCC1)C(N)=O. The standard InChI is InChI=1S/C14H28N2O2/c1-3-16-14(2,13(15)17)11-18-10-12-8-6-4-5-7-9-12/h12,16H,3-11H2,1-2H3,(H2,15,17). The molecule has 0 aromatic rings. The maximum Gasteiger partial charge on any atom is 0.239 e. The molecular weight excluding hydrogens is 228 g/mol. The van der Waals surface area contributed by atoms with Gasteiger partial charge in [-0.1, -0.05) is 32.6 Å². The lowest BCUT2D eigenvalue weighted by Gasteiger charge is -2.27. The third-order valence-electron chi connectivity index (χ3n) is 3.83. The minimum Gasteiger partial charge on any atom is -0.379 e. The number of ether oxygens (including phenoxy) is 1. The fourth-order valence-electron chi connectivity index (χ4n) is 2.56. The van der Waals surface area contributed by atoms with Crippen LogP contribution in [-0.4, -0.2) is 31.2 Å². The molecule has 1 aliphatic rings. The van der Waals surface area contributed by atoms with Gasteiger partial charge in [-0.3, -0.25) is 4.79 Å². The van der Waals surface area contributed by atoms with Gasteiger partial charge in [0.1, 0.15) is 5.54 Å². The van der Waals surface area contributed by atoms with Crippen LogP contribution in [0.2, 0.25) is 0 Å². The van der Waals surface area contributed by atoms with Crippen LogP contribution < -0.4 is 11.1 Å². The van der Waals surface area contributed by atoms with Gasteiger partial charge in [0, 0.05) is 6.61 Å². The zero-order chi connectivity index (χ0) is 13.4. The van der Waals surface area contributed by atoms with Crippen LogP contribution in [0.3, 0.4) is 0 Å². The summed E-state index contributed by atoms with van der Waals surface area (Å²) in [5, 5.41) is 3.11. The molecule has 0 saturated heterocycles. The molecule has 4 nitrogen and oxygen atoms in total. The van der Waals surface area contributed by atoms with Crippen molar-refractivity contribution in [2.24, 2.45) is 11.7 Å². The molecule has 0 aromatic heterocycles. The van der Waals surface area contributed by atoms with E-state index in [1.54, 1.807) is 0 Å². The predicted octanol–water partition coefficient (Wildman–Crippen LogP) is 1.83. The first kappa shape index (κ1) is 15.4. The molecule has 1 unspecified atom stereocenters. The minimum absolute atomic E-state index is 0.342. The van der Waals surface area contributed by atoms with Crippen LogP contribution >= 0.6 is 0 Å². The highest BCUT2D eigenvalue weighted by Gasteiger charge is 2.30. The fraction of sp³-hybridized carbons (Fsp3) is 0.929. The second-order valence-electron chi connectivity index (χ2n) is 5.60. The lowest BCUT2D eigenvalue weighted by Crippen LogP contribution is -2.56. The Morgan fingerprint density at radius 3 is 2.44 bits per heavy atom. The van der Waals surface area contributed by atoms with E-state index in [-0.39, 0.29) is 5.91 Å². The second-order valence-corrected chi connectivity index (χ2v) is 5.60. The van der Waals surface area contributed by atoms with E-state index in [1.165, 1.54) is 38.5 Å². The average Bonchev–Trinajstić information content (AvgIpc) is 2.58. The molecule has 18 heavy (non-hydrogen) atoms. The molecule has 3 N–H and O–H groups in total. The summed E-state index contributed by atoms with van der Waals surface area (Å²) in [4.78, 5) is 11.4. The average molecular weight is 256 g/mol. The number of amides is 1. The first-order valence-corrected chi connectivity index (χ1v) is 7.21. The lowest BCUT2D eigenvalue weighted by molar-refractivity contribution is -0.126. The first-order valence-electron chi connectivity index (χ1n) is 7.21. The van der Waals surface area contributed by atoms with Crippen molar-refractivity contribution in [1.29, 1.82) is 0 Å². The molecule has 106 valence electrons. The number of carbonyl (C=O) groups excluding carboxylic acids is 1. The Kier molecular flexibility index (Phi) is 6.65. The topological polar surface area (TPSA) is 64.3 Å². The van der Waals surface area contributed by atoms with Crippen LogP contribution in [0.4, 0.5) is 0 Å². The number of hydrogen-bond donors (Lipinski definition) is 2. The van der Waals surface area contributed by atoms with Gasteiger partial charge < -0.3 is 15.8 Å². The van der Waals surface area contributed by atoms with Gasteiger partial charge in [0.2, 0.25) is 5.91 Å². The summed E-state index contributed by atoms with van der Waals surface area (Å²) >= 11 is 0. The van der Waals surface area contributed by atoms with E-state index in [9.17, 15) is 4.79 Å². The molecule has 0 aliphatic heterocycles. The molecule has 1 atom stereocenters. The monoisotopic (exact) mass is 256 g/mol. The highest BCUT2D eigenvalue weighted by Crippen LogP contribution is 2.23. The van der Waals surface area contributed by atoms with E-state index < -0.39 is 5.54 Å². The van der Waals surface area contributed by atoms with E-state index in [0.29, 0.717) is 19.1 Å². The largest absolute Gasteiger partial charge is 0.379 e. The minimum atomic E-state index is -0.737. The summed E-state index contributed by atoms with van der Waals surface area (Å²) in [5.41, 5.74) is 4.68. The second kappa shape index (κ2) is 7.74. The fourth-order valence-corrected chi connectivity index (χ4v) is 2.56. The van der Waals surface area contributed by atoms with Crippen LogP contribution in [0.25, 0.3) is 0 Å². The van der Waals surface area contributed by atoms with Gasteiger partial charge >= 0.3 is 0 Å². The van der Waals surface area contributed by atoms with Crippen LogP contribution in [0, 0.1) is 5.92 Å². The van der Waals surface area contributed by atoms with Crippen molar-refractivity contribution in [3.05, 3.63) is 0 Å². The molecular formula is C14H28N2O2. The Bertz CT molecular complexity index is 250. The van der Waals surface area contributed by atoms with E-state index in [4.69, 9.17) is 10.5 Å². The molecule has 1 fully saturated rings. The van der Waals surface area contributed by atoms with Crippen LogP contribution in [-0.2, 0) is 9.53 Å². The smallest absolute Gasteiger partial charge is 0.239 e. The quantitative estimate of drug-likeness (QED) is 0.683. The first-order chi connectivity index (χ1) is 8.58. The summed E-state index contributed by atoms with van der Waals surface area (Å²) in [6.45, 7) is 5.62. The van der Waals surface area contributed by atoms with Crippen molar-refractivity contribution in [1.82, 2.24) is 5.32 Å². The molecule has 1 rings (SSSR count). The molecule has 0 heterocycles. The number of likely N-dealkylation sites (N-methyl/N-ethyl adjacent to an activating group) is 1. The van der Waals surface area contributed by atoms with Crippen molar-refractivity contribution in [2.45, 2.75) is 57.9 Å². The number of rotatable bonds is 7. The lowest BCUT2D eigenvalue weighted by atomic mass is 10.0. The summed E-state index contributed by atoms with van der Waals surface area (Å²) in [5.74, 6) is 0.316. The summed E-state index contributed by atoms with van der Waals surface area (Å²) in [6.07, 6.45) is 7.85. The number of carbonyl (C=O) groups is 1. The molecule has 4 heteroatoms. The van der Waals surface area contributed by atoms with Crippen molar-refractivity contribution in [2.75, 3.05) is 19.8 Å². The molecule has 0 aromatic carbocycles. The Hall–Kier alpha value is -0.610. The Morgan fingerprint density at radius 2 is 1.94 bits per heavy atom. The number of primary amides is 1. The Balaban J connectivity index is 2.31. The van der Waals surface area contributed by atoms with Gasteiger partial charge in [-0.25, -0.2) is 0 Å². The molecule has 1 saturated carbocycles. The predicted molar refractivity (Wildman–Crippen MR) is 73.3 cm³/mol. The third kappa shape index (κ3) is 4.94. The molecule has 1 aliphatic carbocycles.